The van der Waals surface area contributed by atoms with Crippen LogP contribution in [0.1, 0.15) is 31.4 Å². The van der Waals surface area contributed by atoms with Crippen molar-refractivity contribution in [3.05, 3.63) is 35.9 Å². The molecule has 14 heavy (non-hydrogen) atoms. The summed E-state index contributed by atoms with van der Waals surface area (Å²) in [6.45, 7) is 2.53. The number of hydrogen-bond donors (Lipinski definition) is 1. The molecule has 1 fully saturated rings. The van der Waals surface area contributed by atoms with E-state index in [9.17, 15) is 5.11 Å². The minimum Gasteiger partial charge on any atom is -0.390 e. The van der Waals surface area contributed by atoms with Gasteiger partial charge < -0.3 is 9.84 Å². The number of rotatable bonds is 1. The molecule has 2 rings (SSSR count). The smallest absolute Gasteiger partial charge is 0.0852 e. The number of ether oxygens (including phenoxy) is 1. The summed E-state index contributed by atoms with van der Waals surface area (Å²) in [6, 6.07) is 10.1. The molecule has 0 spiro atoms. The summed E-state index contributed by atoms with van der Waals surface area (Å²) in [5.41, 5.74) is 0.589. The molecule has 1 aromatic rings. The van der Waals surface area contributed by atoms with Gasteiger partial charge in [0.15, 0.2) is 0 Å². The van der Waals surface area contributed by atoms with Crippen LogP contribution < -0.4 is 0 Å². The molecule has 76 valence electrons. The topological polar surface area (TPSA) is 29.5 Å². The van der Waals surface area contributed by atoms with Crippen molar-refractivity contribution in [2.45, 2.75) is 31.5 Å². The lowest BCUT2D eigenvalue weighted by Gasteiger charge is -2.34. The summed E-state index contributed by atoms with van der Waals surface area (Å²) in [6.07, 6.45) is 1.48. The van der Waals surface area contributed by atoms with Crippen LogP contribution in [0.2, 0.25) is 0 Å². The molecule has 1 N–H and O–H groups in total. The zero-order chi connectivity index (χ0) is 10.0. The Hall–Kier alpha value is -0.860. The molecule has 1 aromatic carbocycles. The van der Waals surface area contributed by atoms with E-state index in [1.807, 2.05) is 37.3 Å². The molecule has 0 radical (unpaired) electrons. The summed E-state index contributed by atoms with van der Waals surface area (Å²) in [7, 11) is 0. The predicted octanol–water partition coefficient (Wildman–Crippen LogP) is 2.29. The first-order valence-corrected chi connectivity index (χ1v) is 5.06. The Kier molecular flexibility index (Phi) is 2.57. The monoisotopic (exact) mass is 192 g/mol. The molecule has 0 aliphatic carbocycles. The highest BCUT2D eigenvalue weighted by molar-refractivity contribution is 5.18. The lowest BCUT2D eigenvalue weighted by molar-refractivity contribution is -0.0952. The Bertz CT molecular complexity index is 292. The Labute approximate surface area is 84.5 Å². The Morgan fingerprint density at radius 2 is 2.07 bits per heavy atom. The molecule has 0 saturated carbocycles. The van der Waals surface area contributed by atoms with E-state index in [1.165, 1.54) is 0 Å². The van der Waals surface area contributed by atoms with Gasteiger partial charge in [0.2, 0.25) is 0 Å². The highest BCUT2D eigenvalue weighted by atomic mass is 16.5. The lowest BCUT2D eigenvalue weighted by atomic mass is 9.89. The lowest BCUT2D eigenvalue weighted by Crippen LogP contribution is -2.34. The highest BCUT2D eigenvalue weighted by Gasteiger charge is 2.31. The predicted molar refractivity (Wildman–Crippen MR) is 55.0 cm³/mol. The summed E-state index contributed by atoms with van der Waals surface area (Å²) in [5, 5.41) is 9.93. The molecule has 2 atom stereocenters. The van der Waals surface area contributed by atoms with E-state index in [-0.39, 0.29) is 6.10 Å². The Morgan fingerprint density at radius 3 is 2.71 bits per heavy atom. The number of hydrogen-bond acceptors (Lipinski definition) is 2. The SMILES string of the molecule is C[C@]1(O)CCOC(c2ccccc2)C1. The van der Waals surface area contributed by atoms with Crippen LogP contribution in [0.3, 0.4) is 0 Å². The highest BCUT2D eigenvalue weighted by Crippen LogP contribution is 2.33. The normalized spacial score (nSPS) is 32.9. The summed E-state index contributed by atoms with van der Waals surface area (Å²) in [4.78, 5) is 0. The standard InChI is InChI=1S/C12H16O2/c1-12(13)7-8-14-11(9-12)10-5-3-2-4-6-10/h2-6,11,13H,7-9H2,1H3/t11?,12-/m0/s1. The second-order valence-corrected chi connectivity index (χ2v) is 4.22. The molecule has 1 unspecified atom stereocenters. The number of benzene rings is 1. The molecule has 2 heteroatoms. The molecule has 0 bridgehead atoms. The minimum atomic E-state index is -0.571. The Balaban J connectivity index is 2.12. The van der Waals surface area contributed by atoms with Crippen LogP contribution in [0, 0.1) is 0 Å². The summed E-state index contributed by atoms with van der Waals surface area (Å²) >= 11 is 0. The van der Waals surface area contributed by atoms with Crippen molar-refractivity contribution >= 4 is 0 Å². The van der Waals surface area contributed by atoms with Gasteiger partial charge in [0.25, 0.3) is 0 Å². The van der Waals surface area contributed by atoms with Crippen LogP contribution in [-0.4, -0.2) is 17.3 Å². The molecule has 2 nitrogen and oxygen atoms in total. The van der Waals surface area contributed by atoms with Gasteiger partial charge >= 0.3 is 0 Å². The van der Waals surface area contributed by atoms with Crippen LogP contribution in [-0.2, 0) is 4.74 Å². The quantitative estimate of drug-likeness (QED) is 0.739. The minimum absolute atomic E-state index is 0.0555. The fourth-order valence-corrected chi connectivity index (χ4v) is 1.86. The largest absolute Gasteiger partial charge is 0.390 e. The first kappa shape index (κ1) is 9.69. The summed E-state index contributed by atoms with van der Waals surface area (Å²) in [5.74, 6) is 0. The van der Waals surface area contributed by atoms with Crippen molar-refractivity contribution in [2.24, 2.45) is 0 Å². The molecular weight excluding hydrogens is 176 g/mol. The molecule has 1 aliphatic rings. The van der Waals surface area contributed by atoms with Crippen LogP contribution in [0.5, 0.6) is 0 Å². The van der Waals surface area contributed by atoms with Crippen molar-refractivity contribution < 1.29 is 9.84 Å². The van der Waals surface area contributed by atoms with Crippen molar-refractivity contribution in [3.8, 4) is 0 Å². The van der Waals surface area contributed by atoms with Crippen LogP contribution in [0.15, 0.2) is 30.3 Å². The van der Waals surface area contributed by atoms with Crippen molar-refractivity contribution in [2.75, 3.05) is 6.61 Å². The maximum absolute atomic E-state index is 9.93. The third-order valence-electron chi connectivity index (χ3n) is 2.76. The van der Waals surface area contributed by atoms with Crippen molar-refractivity contribution in [3.63, 3.8) is 0 Å². The van der Waals surface area contributed by atoms with Crippen LogP contribution >= 0.6 is 0 Å². The zero-order valence-corrected chi connectivity index (χ0v) is 8.44. The fraction of sp³-hybridized carbons (Fsp3) is 0.500. The van der Waals surface area contributed by atoms with E-state index in [1.54, 1.807) is 0 Å². The fourth-order valence-electron chi connectivity index (χ4n) is 1.86. The second kappa shape index (κ2) is 3.71. The molecule has 0 aromatic heterocycles. The van der Waals surface area contributed by atoms with Crippen LogP contribution in [0.25, 0.3) is 0 Å². The van der Waals surface area contributed by atoms with Gasteiger partial charge in [-0.3, -0.25) is 0 Å². The van der Waals surface area contributed by atoms with Gasteiger partial charge in [-0.15, -0.1) is 0 Å². The van der Waals surface area contributed by atoms with Crippen molar-refractivity contribution in [1.29, 1.82) is 0 Å². The molecule has 0 amide bonds. The molecule has 1 heterocycles. The van der Waals surface area contributed by atoms with Gasteiger partial charge in [0.1, 0.15) is 0 Å². The van der Waals surface area contributed by atoms with Gasteiger partial charge in [-0.1, -0.05) is 30.3 Å². The van der Waals surface area contributed by atoms with Gasteiger partial charge in [-0.05, 0) is 18.9 Å². The van der Waals surface area contributed by atoms with Gasteiger partial charge in [0.05, 0.1) is 18.3 Å². The second-order valence-electron chi connectivity index (χ2n) is 4.22. The van der Waals surface area contributed by atoms with E-state index in [4.69, 9.17) is 4.74 Å². The average Bonchev–Trinajstić information content (AvgIpc) is 2.18. The number of aliphatic hydroxyl groups is 1. The van der Waals surface area contributed by atoms with Crippen LogP contribution in [0.4, 0.5) is 0 Å². The van der Waals surface area contributed by atoms with E-state index >= 15 is 0 Å². The third-order valence-corrected chi connectivity index (χ3v) is 2.76. The van der Waals surface area contributed by atoms with E-state index < -0.39 is 5.60 Å². The third kappa shape index (κ3) is 2.14. The van der Waals surface area contributed by atoms with Gasteiger partial charge in [-0.25, -0.2) is 0 Å². The maximum atomic E-state index is 9.93. The molecular formula is C12H16O2. The molecule has 1 saturated heterocycles. The van der Waals surface area contributed by atoms with E-state index in [0.29, 0.717) is 13.0 Å². The maximum Gasteiger partial charge on any atom is 0.0852 e. The van der Waals surface area contributed by atoms with Crippen molar-refractivity contribution in [1.82, 2.24) is 0 Å². The average molecular weight is 192 g/mol. The molecule has 1 aliphatic heterocycles. The van der Waals surface area contributed by atoms with Gasteiger partial charge in [0, 0.05) is 6.42 Å². The summed E-state index contributed by atoms with van der Waals surface area (Å²) < 4.78 is 5.64. The van der Waals surface area contributed by atoms with E-state index in [2.05, 4.69) is 0 Å². The first-order chi connectivity index (χ1) is 6.67. The van der Waals surface area contributed by atoms with E-state index in [0.717, 1.165) is 12.0 Å². The zero-order valence-electron chi connectivity index (χ0n) is 8.44. The first-order valence-electron chi connectivity index (χ1n) is 5.06. The Morgan fingerprint density at radius 1 is 1.36 bits per heavy atom. The van der Waals surface area contributed by atoms with Gasteiger partial charge in [-0.2, -0.15) is 0 Å².